The normalized spacial score (nSPS) is 11.0. The van der Waals surface area contributed by atoms with Gasteiger partial charge in [-0.1, -0.05) is 42.1 Å². The molecule has 3 nitrogen and oxygen atoms in total. The van der Waals surface area contributed by atoms with Gasteiger partial charge in [-0.05, 0) is 37.0 Å². The van der Waals surface area contributed by atoms with E-state index in [9.17, 15) is 0 Å². The van der Waals surface area contributed by atoms with Crippen LogP contribution in [0.15, 0.2) is 58.2 Å². The quantitative estimate of drug-likeness (QED) is 0.413. The minimum Gasteiger partial charge on any atom is -0.431 e. The van der Waals surface area contributed by atoms with Crippen LogP contribution in [0.4, 0.5) is 5.69 Å². The summed E-state index contributed by atoms with van der Waals surface area (Å²) in [6.45, 7) is 0. The summed E-state index contributed by atoms with van der Waals surface area (Å²) in [5.74, 6) is 1.02. The Morgan fingerprint density at radius 2 is 1.90 bits per heavy atom. The van der Waals surface area contributed by atoms with E-state index in [2.05, 4.69) is 35.3 Å². The molecule has 0 atom stereocenters. The van der Waals surface area contributed by atoms with E-state index in [4.69, 9.17) is 10.2 Å². The van der Waals surface area contributed by atoms with Crippen molar-refractivity contribution in [3.05, 3.63) is 54.1 Å². The molecular formula is C17H18N2OS. The number of thioether (sulfide) groups is 1. The summed E-state index contributed by atoms with van der Waals surface area (Å²) >= 11 is 1.67. The van der Waals surface area contributed by atoms with Gasteiger partial charge < -0.3 is 10.2 Å². The number of nitrogens with two attached hydrogens (primary N) is 1. The highest BCUT2D eigenvalue weighted by molar-refractivity contribution is 7.99. The molecule has 1 aromatic heterocycles. The Bertz CT molecular complexity index is 709. The minimum absolute atomic E-state index is 0.707. The molecule has 0 saturated carbocycles. The van der Waals surface area contributed by atoms with Gasteiger partial charge in [-0.2, -0.15) is 0 Å². The molecule has 2 aromatic carbocycles. The molecule has 0 aliphatic carbocycles. The number of aromatic nitrogens is 1. The maximum absolute atomic E-state index is 5.73. The van der Waals surface area contributed by atoms with Crippen molar-refractivity contribution in [1.29, 1.82) is 0 Å². The first kappa shape index (κ1) is 14.0. The summed E-state index contributed by atoms with van der Waals surface area (Å²) in [5.41, 5.74) is 9.48. The molecule has 0 aliphatic heterocycles. The maximum Gasteiger partial charge on any atom is 0.256 e. The Morgan fingerprint density at radius 3 is 2.76 bits per heavy atom. The summed E-state index contributed by atoms with van der Waals surface area (Å²) in [5, 5.41) is 0.732. The van der Waals surface area contributed by atoms with Crippen LogP contribution in [0, 0.1) is 0 Å². The maximum atomic E-state index is 5.73. The highest BCUT2D eigenvalue weighted by Crippen LogP contribution is 2.25. The molecule has 3 aromatic rings. The van der Waals surface area contributed by atoms with Crippen LogP contribution in [0.3, 0.4) is 0 Å². The van der Waals surface area contributed by atoms with E-state index in [-0.39, 0.29) is 0 Å². The predicted octanol–water partition coefficient (Wildman–Crippen LogP) is 4.53. The van der Waals surface area contributed by atoms with E-state index in [0.717, 1.165) is 34.9 Å². The van der Waals surface area contributed by atoms with Gasteiger partial charge in [0.1, 0.15) is 5.52 Å². The lowest BCUT2D eigenvalue weighted by molar-refractivity contribution is 0.489. The lowest BCUT2D eigenvalue weighted by atomic mass is 10.1. The first-order valence-electron chi connectivity index (χ1n) is 7.14. The second-order valence-electron chi connectivity index (χ2n) is 5.00. The number of unbranched alkanes of at least 4 members (excludes halogenated alkanes) is 1. The average Bonchev–Trinajstić information content (AvgIpc) is 2.90. The van der Waals surface area contributed by atoms with Gasteiger partial charge in [0, 0.05) is 17.5 Å². The largest absolute Gasteiger partial charge is 0.431 e. The molecule has 2 N–H and O–H groups in total. The van der Waals surface area contributed by atoms with Gasteiger partial charge in [0.05, 0.1) is 0 Å². The van der Waals surface area contributed by atoms with Crippen molar-refractivity contribution in [2.75, 3.05) is 11.5 Å². The highest BCUT2D eigenvalue weighted by atomic mass is 32.2. The molecule has 108 valence electrons. The molecule has 0 spiro atoms. The van der Waals surface area contributed by atoms with Crippen LogP contribution in [0.1, 0.15) is 18.4 Å². The first-order valence-corrected chi connectivity index (χ1v) is 8.12. The van der Waals surface area contributed by atoms with E-state index in [1.54, 1.807) is 11.8 Å². The Labute approximate surface area is 128 Å². The number of anilines is 1. The van der Waals surface area contributed by atoms with Crippen molar-refractivity contribution in [2.24, 2.45) is 0 Å². The summed E-state index contributed by atoms with van der Waals surface area (Å²) in [6, 6.07) is 16.2. The third-order valence-electron chi connectivity index (χ3n) is 3.32. The van der Waals surface area contributed by atoms with Gasteiger partial charge in [-0.3, -0.25) is 0 Å². The van der Waals surface area contributed by atoms with Gasteiger partial charge in [-0.25, -0.2) is 4.98 Å². The first-order chi connectivity index (χ1) is 10.3. The van der Waals surface area contributed by atoms with Gasteiger partial charge in [-0.15, -0.1) is 0 Å². The fraction of sp³-hybridized carbons (Fsp3) is 0.235. The van der Waals surface area contributed by atoms with Crippen molar-refractivity contribution in [1.82, 2.24) is 4.98 Å². The second-order valence-corrected chi connectivity index (χ2v) is 6.04. The van der Waals surface area contributed by atoms with Crippen molar-refractivity contribution in [2.45, 2.75) is 24.5 Å². The number of hydrogen-bond acceptors (Lipinski definition) is 4. The molecular weight excluding hydrogens is 280 g/mol. The third-order valence-corrected chi connectivity index (χ3v) is 4.24. The molecule has 0 fully saturated rings. The zero-order valence-electron chi connectivity index (χ0n) is 11.8. The SMILES string of the molecule is Nc1ccc2nc(SCCCCc3ccccc3)oc2c1. The summed E-state index contributed by atoms with van der Waals surface area (Å²) < 4.78 is 5.69. The summed E-state index contributed by atoms with van der Waals surface area (Å²) in [6.07, 6.45) is 3.47. The van der Waals surface area contributed by atoms with E-state index < -0.39 is 0 Å². The third kappa shape index (κ3) is 3.79. The highest BCUT2D eigenvalue weighted by Gasteiger charge is 2.06. The van der Waals surface area contributed by atoms with Crippen molar-refractivity contribution in [3.8, 4) is 0 Å². The second kappa shape index (κ2) is 6.68. The summed E-state index contributed by atoms with van der Waals surface area (Å²) in [4.78, 5) is 4.45. The molecule has 0 aliphatic rings. The van der Waals surface area contributed by atoms with Crippen molar-refractivity contribution in [3.63, 3.8) is 0 Å². The molecule has 0 unspecified atom stereocenters. The summed E-state index contributed by atoms with van der Waals surface area (Å²) in [7, 11) is 0. The van der Waals surface area contributed by atoms with E-state index in [1.165, 1.54) is 12.0 Å². The number of hydrogen-bond donors (Lipinski definition) is 1. The molecule has 21 heavy (non-hydrogen) atoms. The fourth-order valence-corrected chi connectivity index (χ4v) is 3.05. The lowest BCUT2D eigenvalue weighted by Gasteiger charge is -2.00. The number of nitrogens with zero attached hydrogens (tertiary/aromatic N) is 1. The standard InChI is InChI=1S/C17H18N2OS/c18-14-9-10-15-16(12-14)20-17(19-15)21-11-5-4-8-13-6-2-1-3-7-13/h1-3,6-7,9-10,12H,4-5,8,11,18H2. The lowest BCUT2D eigenvalue weighted by Crippen LogP contribution is -1.87. The van der Waals surface area contributed by atoms with Crippen LogP contribution in [0.5, 0.6) is 0 Å². The Kier molecular flexibility index (Phi) is 4.46. The molecule has 0 amide bonds. The van der Waals surface area contributed by atoms with Crippen molar-refractivity contribution < 1.29 is 4.42 Å². The molecule has 0 radical (unpaired) electrons. The number of rotatable bonds is 6. The Balaban J connectivity index is 1.46. The number of fused-ring (bicyclic) bond motifs is 1. The van der Waals surface area contributed by atoms with Crippen LogP contribution in [0.2, 0.25) is 0 Å². The predicted molar refractivity (Wildman–Crippen MR) is 88.5 cm³/mol. The average molecular weight is 298 g/mol. The molecule has 0 bridgehead atoms. The van der Waals surface area contributed by atoms with E-state index in [1.807, 2.05) is 18.2 Å². The number of aryl methyl sites for hydroxylation is 1. The van der Waals surface area contributed by atoms with Crippen LogP contribution in [-0.2, 0) is 6.42 Å². The topological polar surface area (TPSA) is 52.0 Å². The molecule has 3 rings (SSSR count). The zero-order valence-corrected chi connectivity index (χ0v) is 12.6. The van der Waals surface area contributed by atoms with Crippen LogP contribution in [-0.4, -0.2) is 10.7 Å². The monoisotopic (exact) mass is 298 g/mol. The van der Waals surface area contributed by atoms with Crippen molar-refractivity contribution >= 4 is 28.5 Å². The van der Waals surface area contributed by atoms with Gasteiger partial charge in [0.2, 0.25) is 0 Å². The Hall–Kier alpha value is -1.94. The molecule has 0 saturated heterocycles. The van der Waals surface area contributed by atoms with Crippen LogP contribution >= 0.6 is 11.8 Å². The van der Waals surface area contributed by atoms with Crippen LogP contribution < -0.4 is 5.73 Å². The molecule has 1 heterocycles. The minimum atomic E-state index is 0.707. The van der Waals surface area contributed by atoms with Gasteiger partial charge >= 0.3 is 0 Å². The smallest absolute Gasteiger partial charge is 0.256 e. The fourth-order valence-electron chi connectivity index (χ4n) is 2.22. The van der Waals surface area contributed by atoms with Crippen LogP contribution in [0.25, 0.3) is 11.1 Å². The Morgan fingerprint density at radius 1 is 1.05 bits per heavy atom. The zero-order chi connectivity index (χ0) is 14.5. The van der Waals surface area contributed by atoms with E-state index >= 15 is 0 Å². The van der Waals surface area contributed by atoms with E-state index in [0.29, 0.717) is 5.69 Å². The van der Waals surface area contributed by atoms with Gasteiger partial charge in [0.25, 0.3) is 5.22 Å². The number of oxazole rings is 1. The van der Waals surface area contributed by atoms with Gasteiger partial charge in [0.15, 0.2) is 5.58 Å². The number of benzene rings is 2. The molecule has 4 heteroatoms. The number of nitrogen functional groups attached to an aromatic ring is 1.